The van der Waals surface area contributed by atoms with E-state index in [4.69, 9.17) is 0 Å². The lowest BCUT2D eigenvalue weighted by molar-refractivity contribution is 0.0702. The van der Waals surface area contributed by atoms with E-state index in [2.05, 4.69) is 4.98 Å². The molecule has 0 N–H and O–H groups in total. The van der Waals surface area contributed by atoms with Gasteiger partial charge in [-0.25, -0.2) is 17.8 Å². The second-order valence-corrected chi connectivity index (χ2v) is 10.3. The number of carbonyl (C=O) groups is 1. The summed E-state index contributed by atoms with van der Waals surface area (Å²) in [5.41, 5.74) is 1.68. The number of thiazole rings is 1. The summed E-state index contributed by atoms with van der Waals surface area (Å²) in [6.45, 7) is 2.80. The maximum atomic E-state index is 13.1. The summed E-state index contributed by atoms with van der Waals surface area (Å²) in [6, 6.07) is 6.74. The minimum Gasteiger partial charge on any atom is -0.335 e. The summed E-state index contributed by atoms with van der Waals surface area (Å²) in [7, 11) is -3.71. The lowest BCUT2D eigenvalue weighted by Gasteiger charge is -2.33. The maximum Gasteiger partial charge on any atom is 0.265 e. The first-order chi connectivity index (χ1) is 13.9. The van der Waals surface area contributed by atoms with Crippen LogP contribution in [-0.2, 0) is 10.0 Å². The van der Waals surface area contributed by atoms with Crippen molar-refractivity contribution in [1.82, 2.24) is 14.2 Å². The smallest absolute Gasteiger partial charge is 0.265 e. The zero-order valence-electron chi connectivity index (χ0n) is 15.5. The van der Waals surface area contributed by atoms with Gasteiger partial charge < -0.3 is 4.90 Å². The van der Waals surface area contributed by atoms with Crippen LogP contribution in [0.1, 0.15) is 15.4 Å². The van der Waals surface area contributed by atoms with Crippen molar-refractivity contribution in [3.63, 3.8) is 0 Å². The number of rotatable bonds is 4. The van der Waals surface area contributed by atoms with Gasteiger partial charge in [-0.05, 0) is 42.6 Å². The van der Waals surface area contributed by atoms with Crippen LogP contribution in [0.2, 0.25) is 0 Å². The highest BCUT2D eigenvalue weighted by molar-refractivity contribution is 7.89. The number of nitrogens with zero attached hydrogens (tertiary/aromatic N) is 3. The number of amides is 1. The van der Waals surface area contributed by atoms with Crippen LogP contribution >= 0.6 is 22.7 Å². The Labute approximate surface area is 176 Å². The number of thiophene rings is 1. The highest BCUT2D eigenvalue weighted by Crippen LogP contribution is 2.30. The van der Waals surface area contributed by atoms with E-state index in [0.717, 1.165) is 22.7 Å². The van der Waals surface area contributed by atoms with Gasteiger partial charge in [0.05, 0.1) is 10.6 Å². The molecule has 2 aromatic heterocycles. The molecule has 1 aliphatic heterocycles. The van der Waals surface area contributed by atoms with Crippen LogP contribution in [0, 0.1) is 12.7 Å². The van der Waals surface area contributed by atoms with Crippen LogP contribution in [0.5, 0.6) is 0 Å². The van der Waals surface area contributed by atoms with Crippen LogP contribution in [-0.4, -0.2) is 54.7 Å². The predicted molar refractivity (Wildman–Crippen MR) is 111 cm³/mol. The van der Waals surface area contributed by atoms with E-state index in [1.807, 2.05) is 23.8 Å². The van der Waals surface area contributed by atoms with Crippen molar-refractivity contribution in [1.29, 1.82) is 0 Å². The average Bonchev–Trinajstić information content (AvgIpc) is 3.37. The van der Waals surface area contributed by atoms with Gasteiger partial charge in [0.1, 0.15) is 15.7 Å². The van der Waals surface area contributed by atoms with Crippen molar-refractivity contribution in [2.24, 2.45) is 0 Å². The molecule has 0 radical (unpaired) electrons. The van der Waals surface area contributed by atoms with Crippen molar-refractivity contribution in [2.45, 2.75) is 11.8 Å². The minimum atomic E-state index is -3.71. The fraction of sp³-hybridized carbons (Fsp3) is 0.263. The fourth-order valence-corrected chi connectivity index (χ4v) is 6.30. The van der Waals surface area contributed by atoms with Crippen molar-refractivity contribution in [3.8, 4) is 10.6 Å². The molecule has 0 unspecified atom stereocenters. The van der Waals surface area contributed by atoms with Crippen molar-refractivity contribution < 1.29 is 17.6 Å². The topological polar surface area (TPSA) is 70.6 Å². The Morgan fingerprint density at radius 1 is 1.10 bits per heavy atom. The van der Waals surface area contributed by atoms with Crippen LogP contribution in [0.25, 0.3) is 10.6 Å². The van der Waals surface area contributed by atoms with Gasteiger partial charge in [-0.15, -0.1) is 11.3 Å². The highest BCUT2D eigenvalue weighted by Gasteiger charge is 2.31. The zero-order valence-corrected chi connectivity index (χ0v) is 18.0. The van der Waals surface area contributed by atoms with E-state index in [0.29, 0.717) is 23.7 Å². The Hall–Kier alpha value is -2.14. The normalized spacial score (nSPS) is 15.6. The second kappa shape index (κ2) is 7.94. The molecule has 1 aromatic carbocycles. The SMILES string of the molecule is Cc1nc(-c2ccsc2)sc1C(=O)N1CCN(S(=O)(=O)c2ccc(F)cc2)CC1. The summed E-state index contributed by atoms with van der Waals surface area (Å²) in [6.07, 6.45) is 0. The summed E-state index contributed by atoms with van der Waals surface area (Å²) in [5, 5.41) is 4.77. The summed E-state index contributed by atoms with van der Waals surface area (Å²) >= 11 is 2.94. The summed E-state index contributed by atoms with van der Waals surface area (Å²) in [4.78, 5) is 19.8. The van der Waals surface area contributed by atoms with Crippen molar-refractivity contribution in [2.75, 3.05) is 26.2 Å². The number of sulfonamides is 1. The monoisotopic (exact) mass is 451 g/mol. The molecule has 29 heavy (non-hydrogen) atoms. The number of piperazine rings is 1. The van der Waals surface area contributed by atoms with E-state index in [1.54, 1.807) is 16.2 Å². The molecule has 1 amide bonds. The Bertz CT molecular complexity index is 1120. The molecular formula is C19H18FN3O3S3. The molecule has 0 spiro atoms. The Morgan fingerprint density at radius 2 is 1.79 bits per heavy atom. The lowest BCUT2D eigenvalue weighted by Crippen LogP contribution is -2.50. The fourth-order valence-electron chi connectivity index (χ4n) is 3.14. The lowest BCUT2D eigenvalue weighted by atomic mass is 10.3. The van der Waals surface area contributed by atoms with Gasteiger partial charge in [-0.2, -0.15) is 15.6 Å². The highest BCUT2D eigenvalue weighted by atomic mass is 32.2. The van der Waals surface area contributed by atoms with Gasteiger partial charge in [0.15, 0.2) is 0 Å². The molecule has 0 bridgehead atoms. The van der Waals surface area contributed by atoms with E-state index < -0.39 is 15.8 Å². The number of aryl methyl sites for hydroxylation is 1. The second-order valence-electron chi connectivity index (χ2n) is 6.60. The van der Waals surface area contributed by atoms with E-state index in [9.17, 15) is 17.6 Å². The molecule has 6 nitrogen and oxygen atoms in total. The molecule has 0 atom stereocenters. The molecule has 1 aliphatic rings. The molecule has 152 valence electrons. The minimum absolute atomic E-state index is 0.0531. The van der Waals surface area contributed by atoms with E-state index >= 15 is 0 Å². The van der Waals surface area contributed by atoms with Gasteiger partial charge >= 0.3 is 0 Å². The van der Waals surface area contributed by atoms with Gasteiger partial charge in [-0.1, -0.05) is 0 Å². The number of carbonyl (C=O) groups excluding carboxylic acids is 1. The molecule has 10 heteroatoms. The molecule has 4 rings (SSSR count). The van der Waals surface area contributed by atoms with E-state index in [-0.39, 0.29) is 23.9 Å². The van der Waals surface area contributed by atoms with Gasteiger partial charge in [-0.3, -0.25) is 4.79 Å². The van der Waals surface area contributed by atoms with Gasteiger partial charge in [0.25, 0.3) is 5.91 Å². The van der Waals surface area contributed by atoms with Crippen LogP contribution in [0.4, 0.5) is 4.39 Å². The Balaban J connectivity index is 1.46. The zero-order chi connectivity index (χ0) is 20.6. The van der Waals surface area contributed by atoms with Crippen LogP contribution in [0.15, 0.2) is 46.0 Å². The third-order valence-corrected chi connectivity index (χ3v) is 8.53. The number of hydrogen-bond acceptors (Lipinski definition) is 6. The first kappa shape index (κ1) is 20.1. The largest absolute Gasteiger partial charge is 0.335 e. The summed E-state index contributed by atoms with van der Waals surface area (Å²) < 4.78 is 39.9. The van der Waals surface area contributed by atoms with Crippen LogP contribution in [0.3, 0.4) is 0 Å². The average molecular weight is 452 g/mol. The standard InChI is InChI=1S/C19H18FN3O3S3/c1-13-17(28-18(21-13)14-6-11-27-12-14)19(24)22-7-9-23(10-8-22)29(25,26)16-4-2-15(20)3-5-16/h2-6,11-12H,7-10H2,1H3. The van der Waals surface area contributed by atoms with E-state index in [1.165, 1.54) is 27.8 Å². The van der Waals surface area contributed by atoms with Gasteiger partial charge in [0, 0.05) is 37.1 Å². The third-order valence-electron chi connectivity index (χ3n) is 4.74. The van der Waals surface area contributed by atoms with Crippen LogP contribution < -0.4 is 0 Å². The van der Waals surface area contributed by atoms with Gasteiger partial charge in [0.2, 0.25) is 10.0 Å². The number of aromatic nitrogens is 1. The Morgan fingerprint density at radius 3 is 2.41 bits per heavy atom. The number of benzene rings is 1. The first-order valence-corrected chi connectivity index (χ1v) is 12.1. The molecular weight excluding hydrogens is 433 g/mol. The molecule has 1 fully saturated rings. The Kier molecular flexibility index (Phi) is 5.52. The molecule has 0 saturated carbocycles. The molecule has 3 heterocycles. The molecule has 0 aliphatic carbocycles. The molecule has 3 aromatic rings. The quantitative estimate of drug-likeness (QED) is 0.609. The first-order valence-electron chi connectivity index (χ1n) is 8.91. The summed E-state index contributed by atoms with van der Waals surface area (Å²) in [5.74, 6) is -0.610. The van der Waals surface area contributed by atoms with Crippen molar-refractivity contribution >= 4 is 38.6 Å². The number of hydrogen-bond donors (Lipinski definition) is 0. The maximum absolute atomic E-state index is 13.1. The molecule has 1 saturated heterocycles. The number of halogens is 1. The predicted octanol–water partition coefficient (Wildman–Crippen LogP) is 3.47. The third kappa shape index (κ3) is 3.97. The van der Waals surface area contributed by atoms with Crippen molar-refractivity contribution in [3.05, 3.63) is 57.5 Å².